The molecule has 2 rings (SSSR count). The molecular weight excluding hydrogens is 366 g/mol. The Morgan fingerprint density at radius 1 is 1.22 bits per heavy atom. The van der Waals surface area contributed by atoms with Gasteiger partial charge < -0.3 is 24.2 Å². The minimum Gasteiger partial charge on any atom is -0.496 e. The highest BCUT2D eigenvalue weighted by molar-refractivity contribution is 9.10. The van der Waals surface area contributed by atoms with Crippen LogP contribution in [0.1, 0.15) is 26.3 Å². The largest absolute Gasteiger partial charge is 0.496 e. The van der Waals surface area contributed by atoms with E-state index in [1.54, 1.807) is 40.0 Å². The zero-order valence-electron chi connectivity index (χ0n) is 14.0. The summed E-state index contributed by atoms with van der Waals surface area (Å²) in [7, 11) is 3.08. The molecule has 6 nitrogen and oxygen atoms in total. The van der Waals surface area contributed by atoms with Crippen molar-refractivity contribution in [2.75, 3.05) is 27.3 Å². The van der Waals surface area contributed by atoms with Crippen molar-refractivity contribution in [2.24, 2.45) is 0 Å². The third kappa shape index (κ3) is 3.72. The molecule has 128 valence electrons. The number of likely N-dealkylation sites (tertiary alicyclic amines) is 1. The molecule has 0 saturated carbocycles. The van der Waals surface area contributed by atoms with Gasteiger partial charge in [-0.3, -0.25) is 0 Å². The van der Waals surface area contributed by atoms with Crippen LogP contribution in [0.3, 0.4) is 0 Å². The second kappa shape index (κ2) is 6.20. The number of carbonyl (C=O) groups excluding carboxylic acids is 1. The van der Waals surface area contributed by atoms with Gasteiger partial charge in [-0.15, -0.1) is 0 Å². The maximum absolute atomic E-state index is 12.0. The summed E-state index contributed by atoms with van der Waals surface area (Å²) < 4.78 is 16.6. The number of carbonyl (C=O) groups is 1. The molecule has 1 N–H and O–H groups in total. The lowest BCUT2D eigenvalue weighted by Crippen LogP contribution is -2.62. The average molecular weight is 388 g/mol. The number of benzene rings is 1. The molecule has 0 aromatic heterocycles. The minimum atomic E-state index is -1.18. The van der Waals surface area contributed by atoms with Crippen LogP contribution in [0, 0.1) is 0 Å². The first-order valence-electron chi connectivity index (χ1n) is 7.22. The fourth-order valence-corrected chi connectivity index (χ4v) is 2.92. The number of β-amino-alcohol motifs (C(OH)–C–C–N with tert-alkyl or cyclic N) is 1. The molecule has 1 aromatic rings. The summed E-state index contributed by atoms with van der Waals surface area (Å²) in [6, 6.07) is 3.46. The van der Waals surface area contributed by atoms with Gasteiger partial charge in [-0.05, 0) is 48.8 Å². The molecule has 1 aliphatic heterocycles. The third-order valence-electron chi connectivity index (χ3n) is 3.53. The van der Waals surface area contributed by atoms with Gasteiger partial charge in [0.2, 0.25) is 0 Å². The molecule has 1 fully saturated rings. The van der Waals surface area contributed by atoms with E-state index < -0.39 is 17.3 Å². The highest BCUT2D eigenvalue weighted by atomic mass is 79.9. The summed E-state index contributed by atoms with van der Waals surface area (Å²) in [5, 5.41) is 10.8. The first kappa shape index (κ1) is 17.9. The van der Waals surface area contributed by atoms with Gasteiger partial charge in [0.25, 0.3) is 0 Å². The number of rotatable bonds is 3. The van der Waals surface area contributed by atoms with E-state index in [1.807, 2.05) is 0 Å². The Labute approximate surface area is 144 Å². The molecule has 0 unspecified atom stereocenters. The minimum absolute atomic E-state index is 0.142. The number of ether oxygens (including phenoxy) is 3. The Bertz CT molecular complexity index is 605. The highest BCUT2D eigenvalue weighted by Gasteiger charge is 2.48. The number of hydrogen-bond donors (Lipinski definition) is 1. The second-order valence-corrected chi connectivity index (χ2v) is 7.41. The van der Waals surface area contributed by atoms with Crippen molar-refractivity contribution in [3.8, 4) is 11.5 Å². The van der Waals surface area contributed by atoms with Crippen LogP contribution in [0.15, 0.2) is 16.6 Å². The molecule has 1 heterocycles. The smallest absolute Gasteiger partial charge is 0.410 e. The van der Waals surface area contributed by atoms with Gasteiger partial charge in [0, 0.05) is 5.56 Å². The summed E-state index contributed by atoms with van der Waals surface area (Å²) in [5.74, 6) is 1.12. The van der Waals surface area contributed by atoms with Crippen LogP contribution in [0.2, 0.25) is 0 Å². The van der Waals surface area contributed by atoms with Crippen molar-refractivity contribution in [1.29, 1.82) is 0 Å². The van der Waals surface area contributed by atoms with Crippen molar-refractivity contribution in [3.63, 3.8) is 0 Å². The van der Waals surface area contributed by atoms with Crippen molar-refractivity contribution in [2.45, 2.75) is 32.0 Å². The van der Waals surface area contributed by atoms with E-state index in [2.05, 4.69) is 15.9 Å². The second-order valence-electron chi connectivity index (χ2n) is 6.56. The molecule has 7 heteroatoms. The van der Waals surface area contributed by atoms with Crippen LogP contribution >= 0.6 is 15.9 Å². The maximum atomic E-state index is 12.0. The Morgan fingerprint density at radius 2 is 1.78 bits per heavy atom. The van der Waals surface area contributed by atoms with E-state index in [1.165, 1.54) is 12.0 Å². The van der Waals surface area contributed by atoms with Crippen LogP contribution in [-0.2, 0) is 10.3 Å². The average Bonchev–Trinajstić information content (AvgIpc) is 2.41. The lowest BCUT2D eigenvalue weighted by atomic mass is 9.85. The summed E-state index contributed by atoms with van der Waals surface area (Å²) in [4.78, 5) is 13.5. The van der Waals surface area contributed by atoms with Crippen molar-refractivity contribution < 1.29 is 24.1 Å². The quantitative estimate of drug-likeness (QED) is 0.863. The van der Waals surface area contributed by atoms with E-state index in [0.29, 0.717) is 17.1 Å². The molecule has 1 saturated heterocycles. The van der Waals surface area contributed by atoms with E-state index in [4.69, 9.17) is 14.2 Å². The van der Waals surface area contributed by atoms with Gasteiger partial charge in [-0.25, -0.2) is 4.79 Å². The third-order valence-corrected chi connectivity index (χ3v) is 4.15. The predicted octanol–water partition coefficient (Wildman–Crippen LogP) is 2.90. The summed E-state index contributed by atoms with van der Waals surface area (Å²) in [6.07, 6.45) is -0.440. The molecule has 0 aliphatic carbocycles. The molecular formula is C16H22BrNO5. The normalized spacial score (nSPS) is 16.6. The predicted molar refractivity (Wildman–Crippen MR) is 88.9 cm³/mol. The molecule has 0 spiro atoms. The summed E-state index contributed by atoms with van der Waals surface area (Å²) in [5.41, 5.74) is -1.17. The molecule has 1 aromatic carbocycles. The van der Waals surface area contributed by atoms with E-state index >= 15 is 0 Å². The van der Waals surface area contributed by atoms with Crippen molar-refractivity contribution >= 4 is 22.0 Å². The number of amides is 1. The number of aliphatic hydroxyl groups is 1. The maximum Gasteiger partial charge on any atom is 0.410 e. The van der Waals surface area contributed by atoms with E-state index in [9.17, 15) is 9.90 Å². The van der Waals surface area contributed by atoms with Gasteiger partial charge in [0.05, 0.1) is 31.8 Å². The summed E-state index contributed by atoms with van der Waals surface area (Å²) in [6.45, 7) is 5.70. The van der Waals surface area contributed by atoms with Gasteiger partial charge in [0.1, 0.15) is 22.7 Å². The number of hydrogen-bond acceptors (Lipinski definition) is 5. The fourth-order valence-electron chi connectivity index (χ4n) is 2.44. The zero-order valence-corrected chi connectivity index (χ0v) is 15.6. The van der Waals surface area contributed by atoms with Crippen LogP contribution < -0.4 is 9.47 Å². The molecule has 0 bridgehead atoms. The first-order valence-corrected chi connectivity index (χ1v) is 8.01. The van der Waals surface area contributed by atoms with Crippen LogP contribution in [0.4, 0.5) is 4.79 Å². The highest BCUT2D eigenvalue weighted by Crippen LogP contribution is 2.42. The molecule has 23 heavy (non-hydrogen) atoms. The molecule has 1 aliphatic rings. The van der Waals surface area contributed by atoms with Crippen molar-refractivity contribution in [3.05, 3.63) is 22.2 Å². The lowest BCUT2D eigenvalue weighted by Gasteiger charge is -2.46. The monoisotopic (exact) mass is 387 g/mol. The van der Waals surface area contributed by atoms with Crippen LogP contribution in [-0.4, -0.2) is 49.0 Å². The topological polar surface area (TPSA) is 68.2 Å². The number of nitrogens with zero attached hydrogens (tertiary/aromatic N) is 1. The van der Waals surface area contributed by atoms with Crippen LogP contribution in [0.5, 0.6) is 11.5 Å². The molecule has 0 radical (unpaired) electrons. The van der Waals surface area contributed by atoms with E-state index in [0.717, 1.165) is 4.47 Å². The number of halogens is 1. The SMILES string of the molecule is COc1cc(C2(O)CN(C(=O)OC(C)(C)C)C2)c(OC)cc1Br. The Kier molecular flexibility index (Phi) is 4.82. The summed E-state index contributed by atoms with van der Waals surface area (Å²) >= 11 is 3.39. The Balaban J connectivity index is 2.19. The van der Waals surface area contributed by atoms with Gasteiger partial charge >= 0.3 is 6.09 Å². The van der Waals surface area contributed by atoms with Crippen LogP contribution in [0.25, 0.3) is 0 Å². The molecule has 1 amide bonds. The standard InChI is InChI=1S/C16H22BrNO5/c1-15(2,3)23-14(19)18-8-16(20,9-18)10-6-13(22-5)11(17)7-12(10)21-4/h6-7,20H,8-9H2,1-5H3. The fraction of sp³-hybridized carbons (Fsp3) is 0.562. The number of methoxy groups -OCH3 is 2. The molecule has 0 atom stereocenters. The van der Waals surface area contributed by atoms with Crippen molar-refractivity contribution in [1.82, 2.24) is 4.90 Å². The van der Waals surface area contributed by atoms with E-state index in [-0.39, 0.29) is 13.1 Å². The zero-order chi connectivity index (χ0) is 17.4. The lowest BCUT2D eigenvalue weighted by molar-refractivity contribution is -0.104. The van der Waals surface area contributed by atoms with Gasteiger partial charge in [-0.2, -0.15) is 0 Å². The first-order chi connectivity index (χ1) is 10.6. The van der Waals surface area contributed by atoms with Gasteiger partial charge in [-0.1, -0.05) is 0 Å². The van der Waals surface area contributed by atoms with Gasteiger partial charge in [0.15, 0.2) is 0 Å². The Hall–Kier alpha value is -1.47. The Morgan fingerprint density at radius 3 is 2.26 bits per heavy atom.